The molecule has 5 heteroatoms. The van der Waals surface area contributed by atoms with Crippen LogP contribution in [0.15, 0.2) is 18.2 Å². The van der Waals surface area contributed by atoms with E-state index in [4.69, 9.17) is 5.73 Å². The van der Waals surface area contributed by atoms with Gasteiger partial charge in [0.25, 0.3) is 0 Å². The minimum atomic E-state index is -3.20. The Kier molecular flexibility index (Phi) is 4.12. The van der Waals surface area contributed by atoms with E-state index < -0.39 is 10.0 Å². The van der Waals surface area contributed by atoms with E-state index in [2.05, 4.69) is 20.8 Å². The number of nitrogens with zero attached hydrogens (tertiary/aromatic N) is 1. The molecule has 0 unspecified atom stereocenters. The molecule has 0 aromatic heterocycles. The van der Waals surface area contributed by atoms with E-state index in [-0.39, 0.29) is 11.2 Å². The number of fused-ring (bicyclic) bond motifs is 1. The van der Waals surface area contributed by atoms with Crippen LogP contribution < -0.4 is 5.73 Å². The highest BCUT2D eigenvalue weighted by molar-refractivity contribution is 7.89. The lowest BCUT2D eigenvalue weighted by molar-refractivity contribution is 0.369. The summed E-state index contributed by atoms with van der Waals surface area (Å²) >= 11 is 0. The first-order valence-corrected chi connectivity index (χ1v) is 8.64. The molecule has 2 N–H and O–H groups in total. The molecule has 0 saturated carbocycles. The van der Waals surface area contributed by atoms with Crippen molar-refractivity contribution in [1.82, 2.24) is 4.31 Å². The van der Waals surface area contributed by atoms with Gasteiger partial charge in [-0.2, -0.15) is 4.31 Å². The molecule has 0 saturated heterocycles. The number of anilines is 1. The van der Waals surface area contributed by atoms with Crippen LogP contribution in [0.2, 0.25) is 0 Å². The molecular weight excluding hydrogens is 272 g/mol. The van der Waals surface area contributed by atoms with Crippen LogP contribution >= 0.6 is 0 Å². The van der Waals surface area contributed by atoms with Gasteiger partial charge in [0.1, 0.15) is 0 Å². The zero-order valence-electron chi connectivity index (χ0n) is 12.5. The fourth-order valence-electron chi connectivity index (χ4n) is 2.38. The molecule has 0 amide bonds. The number of nitrogen functional groups attached to an aromatic ring is 1. The average Bonchev–Trinajstić information content (AvgIpc) is 2.36. The summed E-state index contributed by atoms with van der Waals surface area (Å²) in [5, 5.41) is 0. The lowest BCUT2D eigenvalue weighted by atomic mass is 9.94. The Labute approximate surface area is 122 Å². The largest absolute Gasteiger partial charge is 0.398 e. The molecule has 4 nitrogen and oxygen atoms in total. The number of hydrogen-bond acceptors (Lipinski definition) is 3. The van der Waals surface area contributed by atoms with Gasteiger partial charge in [-0.15, -0.1) is 0 Å². The first-order chi connectivity index (χ1) is 9.19. The Hall–Kier alpha value is -1.07. The standard InChI is InChI=1S/C15H24N2O2S/c1-15(2,3)8-10-20(18,19)17-9-7-12-5-4-6-14(16)13(12)11-17/h4-6H,7-11,16H2,1-3H3. The van der Waals surface area contributed by atoms with Gasteiger partial charge in [-0.05, 0) is 35.4 Å². The molecule has 20 heavy (non-hydrogen) atoms. The molecule has 1 aromatic rings. The molecule has 0 bridgehead atoms. The highest BCUT2D eigenvalue weighted by Gasteiger charge is 2.28. The van der Waals surface area contributed by atoms with Crippen molar-refractivity contribution in [3.8, 4) is 0 Å². The van der Waals surface area contributed by atoms with Gasteiger partial charge < -0.3 is 5.73 Å². The third kappa shape index (κ3) is 3.52. The molecule has 112 valence electrons. The van der Waals surface area contributed by atoms with Crippen molar-refractivity contribution in [2.24, 2.45) is 5.41 Å². The fourth-order valence-corrected chi connectivity index (χ4v) is 4.21. The van der Waals surface area contributed by atoms with Crippen LogP contribution in [-0.4, -0.2) is 25.0 Å². The zero-order valence-corrected chi connectivity index (χ0v) is 13.3. The second-order valence-electron chi connectivity index (χ2n) is 6.70. The smallest absolute Gasteiger partial charge is 0.214 e. The predicted octanol–water partition coefficient (Wildman–Crippen LogP) is 2.39. The quantitative estimate of drug-likeness (QED) is 0.871. The summed E-state index contributed by atoms with van der Waals surface area (Å²) in [7, 11) is -3.20. The molecule has 1 aliphatic heterocycles. The third-order valence-electron chi connectivity index (χ3n) is 3.78. The maximum absolute atomic E-state index is 12.4. The van der Waals surface area contributed by atoms with Crippen molar-refractivity contribution in [1.29, 1.82) is 0 Å². The van der Waals surface area contributed by atoms with Crippen LogP contribution in [-0.2, 0) is 23.0 Å². The lowest BCUT2D eigenvalue weighted by Crippen LogP contribution is -2.38. The number of sulfonamides is 1. The van der Waals surface area contributed by atoms with Crippen LogP contribution in [0.25, 0.3) is 0 Å². The summed E-state index contributed by atoms with van der Waals surface area (Å²) in [6.07, 6.45) is 1.41. The van der Waals surface area contributed by atoms with Crippen molar-refractivity contribution in [2.75, 3.05) is 18.0 Å². The predicted molar refractivity (Wildman–Crippen MR) is 82.8 cm³/mol. The van der Waals surface area contributed by atoms with Crippen LogP contribution in [0.5, 0.6) is 0 Å². The second kappa shape index (κ2) is 5.37. The normalized spacial score (nSPS) is 16.9. The molecular formula is C15H24N2O2S. The van der Waals surface area contributed by atoms with Gasteiger partial charge in [0.2, 0.25) is 10.0 Å². The Morgan fingerprint density at radius 1 is 1.30 bits per heavy atom. The number of nitrogens with two attached hydrogens (primary N) is 1. The van der Waals surface area contributed by atoms with Gasteiger partial charge in [0, 0.05) is 18.8 Å². The van der Waals surface area contributed by atoms with E-state index in [9.17, 15) is 8.42 Å². The van der Waals surface area contributed by atoms with E-state index in [1.54, 1.807) is 4.31 Å². The van der Waals surface area contributed by atoms with Crippen molar-refractivity contribution in [2.45, 2.75) is 40.2 Å². The molecule has 0 radical (unpaired) electrons. The Bertz CT molecular complexity index is 588. The molecule has 1 heterocycles. The highest BCUT2D eigenvalue weighted by atomic mass is 32.2. The summed E-state index contributed by atoms with van der Waals surface area (Å²) in [5.41, 5.74) is 8.83. The Morgan fingerprint density at radius 3 is 2.65 bits per heavy atom. The van der Waals surface area contributed by atoms with Gasteiger partial charge >= 0.3 is 0 Å². The fraction of sp³-hybridized carbons (Fsp3) is 0.600. The average molecular weight is 296 g/mol. The van der Waals surface area contributed by atoms with Crippen molar-refractivity contribution in [3.05, 3.63) is 29.3 Å². The van der Waals surface area contributed by atoms with Crippen LogP contribution in [0.4, 0.5) is 5.69 Å². The van der Waals surface area contributed by atoms with E-state index >= 15 is 0 Å². The maximum Gasteiger partial charge on any atom is 0.214 e. The van der Waals surface area contributed by atoms with Crippen LogP contribution in [0.3, 0.4) is 0 Å². The SMILES string of the molecule is CC(C)(C)CCS(=O)(=O)N1CCc2cccc(N)c2C1. The van der Waals surface area contributed by atoms with Crippen LogP contribution in [0.1, 0.15) is 38.3 Å². The van der Waals surface area contributed by atoms with Gasteiger partial charge in [0.15, 0.2) is 0 Å². The molecule has 0 aliphatic carbocycles. The summed E-state index contributed by atoms with van der Waals surface area (Å²) in [4.78, 5) is 0. The van der Waals surface area contributed by atoms with E-state index in [0.717, 1.165) is 12.0 Å². The number of rotatable bonds is 3. The summed E-state index contributed by atoms with van der Waals surface area (Å²) in [6, 6.07) is 5.80. The number of benzene rings is 1. The Morgan fingerprint density at radius 2 is 2.00 bits per heavy atom. The third-order valence-corrected chi connectivity index (χ3v) is 5.60. The Balaban J connectivity index is 2.14. The van der Waals surface area contributed by atoms with Gasteiger partial charge in [-0.1, -0.05) is 32.9 Å². The first kappa shape index (κ1) is 15.3. The zero-order chi connectivity index (χ0) is 15.0. The summed E-state index contributed by atoms with van der Waals surface area (Å²) < 4.78 is 26.5. The van der Waals surface area contributed by atoms with Gasteiger partial charge in [0.05, 0.1) is 5.75 Å². The minimum absolute atomic E-state index is 0.0276. The van der Waals surface area contributed by atoms with E-state index in [1.165, 1.54) is 5.56 Å². The van der Waals surface area contributed by atoms with Crippen molar-refractivity contribution >= 4 is 15.7 Å². The first-order valence-electron chi connectivity index (χ1n) is 7.03. The van der Waals surface area contributed by atoms with Crippen molar-refractivity contribution < 1.29 is 8.42 Å². The van der Waals surface area contributed by atoms with E-state index in [0.29, 0.717) is 25.2 Å². The maximum atomic E-state index is 12.4. The van der Waals surface area contributed by atoms with E-state index in [1.807, 2.05) is 18.2 Å². The molecule has 0 spiro atoms. The second-order valence-corrected chi connectivity index (χ2v) is 8.78. The molecule has 0 atom stereocenters. The van der Waals surface area contributed by atoms with Gasteiger partial charge in [-0.3, -0.25) is 0 Å². The van der Waals surface area contributed by atoms with Crippen molar-refractivity contribution in [3.63, 3.8) is 0 Å². The molecule has 2 rings (SSSR count). The van der Waals surface area contributed by atoms with Gasteiger partial charge in [-0.25, -0.2) is 8.42 Å². The summed E-state index contributed by atoms with van der Waals surface area (Å²) in [5.74, 6) is 0.207. The molecule has 1 aromatic carbocycles. The summed E-state index contributed by atoms with van der Waals surface area (Å²) in [6.45, 7) is 7.15. The monoisotopic (exact) mass is 296 g/mol. The lowest BCUT2D eigenvalue weighted by Gasteiger charge is -2.30. The number of hydrogen-bond donors (Lipinski definition) is 1. The highest BCUT2D eigenvalue weighted by Crippen LogP contribution is 2.27. The topological polar surface area (TPSA) is 63.4 Å². The minimum Gasteiger partial charge on any atom is -0.398 e. The van der Waals surface area contributed by atoms with Crippen LogP contribution in [0, 0.1) is 5.41 Å². The molecule has 0 fully saturated rings. The molecule has 1 aliphatic rings.